The summed E-state index contributed by atoms with van der Waals surface area (Å²) in [6.45, 7) is 4.62. The standard InChI is InChI=1S/C14H21N3O4S/c1-9-7-17(8-10(2)16-9)22(19,20)11-4-5-13(21-3)12(6-11)14(15)18/h4-6,9-10,16H,7-8H2,1-3H3,(H2,15,18). The number of piperazine rings is 1. The normalized spacial score (nSPS) is 23.2. The molecular formula is C14H21N3O4S. The van der Waals surface area contributed by atoms with Crippen LogP contribution in [0.2, 0.25) is 0 Å². The molecule has 1 heterocycles. The molecule has 2 rings (SSSR count). The van der Waals surface area contributed by atoms with Crippen LogP contribution in [0, 0.1) is 0 Å². The fourth-order valence-electron chi connectivity index (χ4n) is 2.66. The maximum absolute atomic E-state index is 12.8. The van der Waals surface area contributed by atoms with Gasteiger partial charge in [-0.05, 0) is 32.0 Å². The van der Waals surface area contributed by atoms with Crippen LogP contribution < -0.4 is 15.8 Å². The van der Waals surface area contributed by atoms with Crippen molar-refractivity contribution in [3.05, 3.63) is 23.8 Å². The van der Waals surface area contributed by atoms with Gasteiger partial charge in [-0.2, -0.15) is 4.31 Å². The summed E-state index contributed by atoms with van der Waals surface area (Å²) in [5.74, 6) is -0.468. The quantitative estimate of drug-likeness (QED) is 0.820. The molecule has 0 aromatic heterocycles. The molecule has 0 bridgehead atoms. The highest BCUT2D eigenvalue weighted by molar-refractivity contribution is 7.89. The number of nitrogens with two attached hydrogens (primary N) is 1. The third-order valence-corrected chi connectivity index (χ3v) is 5.43. The lowest BCUT2D eigenvalue weighted by atomic mass is 10.2. The van der Waals surface area contributed by atoms with Gasteiger partial charge in [0.2, 0.25) is 10.0 Å². The number of carbonyl (C=O) groups is 1. The number of ether oxygens (including phenoxy) is 1. The van der Waals surface area contributed by atoms with E-state index >= 15 is 0 Å². The van der Waals surface area contributed by atoms with Crippen molar-refractivity contribution in [2.45, 2.75) is 30.8 Å². The number of primary amides is 1. The summed E-state index contributed by atoms with van der Waals surface area (Å²) >= 11 is 0. The van der Waals surface area contributed by atoms with E-state index in [0.717, 1.165) is 0 Å². The molecule has 0 radical (unpaired) electrons. The fraction of sp³-hybridized carbons (Fsp3) is 0.500. The molecule has 0 saturated carbocycles. The van der Waals surface area contributed by atoms with Gasteiger partial charge in [-0.15, -0.1) is 0 Å². The molecule has 0 spiro atoms. The minimum Gasteiger partial charge on any atom is -0.496 e. The van der Waals surface area contributed by atoms with Crippen LogP contribution in [0.15, 0.2) is 23.1 Å². The molecule has 8 heteroatoms. The van der Waals surface area contributed by atoms with Gasteiger partial charge in [0.15, 0.2) is 0 Å². The van der Waals surface area contributed by atoms with Crippen molar-refractivity contribution in [2.24, 2.45) is 5.73 Å². The van der Waals surface area contributed by atoms with Crippen molar-refractivity contribution in [1.82, 2.24) is 9.62 Å². The van der Waals surface area contributed by atoms with Gasteiger partial charge >= 0.3 is 0 Å². The predicted octanol–water partition coefficient (Wildman–Crippen LogP) is 0.165. The average Bonchev–Trinajstić information content (AvgIpc) is 2.45. The fourth-order valence-corrected chi connectivity index (χ4v) is 4.31. The van der Waals surface area contributed by atoms with Gasteiger partial charge < -0.3 is 15.8 Å². The van der Waals surface area contributed by atoms with E-state index in [1.807, 2.05) is 13.8 Å². The van der Waals surface area contributed by atoms with E-state index in [4.69, 9.17) is 10.5 Å². The molecular weight excluding hydrogens is 306 g/mol. The molecule has 22 heavy (non-hydrogen) atoms. The van der Waals surface area contributed by atoms with Crippen molar-refractivity contribution in [2.75, 3.05) is 20.2 Å². The Kier molecular flexibility index (Phi) is 4.74. The van der Waals surface area contributed by atoms with Crippen LogP contribution in [0.4, 0.5) is 0 Å². The molecule has 7 nitrogen and oxygen atoms in total. The Morgan fingerprint density at radius 3 is 2.41 bits per heavy atom. The lowest BCUT2D eigenvalue weighted by molar-refractivity contribution is 0.0997. The number of rotatable bonds is 4. The minimum atomic E-state index is -3.68. The van der Waals surface area contributed by atoms with Gasteiger partial charge in [0.05, 0.1) is 17.6 Å². The highest BCUT2D eigenvalue weighted by Gasteiger charge is 2.32. The number of hydrogen-bond donors (Lipinski definition) is 2. The Balaban J connectivity index is 2.41. The molecule has 2 unspecified atom stereocenters. The Bertz CT molecular complexity index is 665. The van der Waals surface area contributed by atoms with E-state index in [0.29, 0.717) is 13.1 Å². The smallest absolute Gasteiger partial charge is 0.252 e. The van der Waals surface area contributed by atoms with E-state index in [9.17, 15) is 13.2 Å². The van der Waals surface area contributed by atoms with Gasteiger partial charge in [0.1, 0.15) is 5.75 Å². The van der Waals surface area contributed by atoms with Crippen LogP contribution in [0.25, 0.3) is 0 Å². The zero-order valence-corrected chi connectivity index (χ0v) is 13.7. The molecule has 1 aliphatic heterocycles. The molecule has 1 aromatic rings. The van der Waals surface area contributed by atoms with Gasteiger partial charge in [-0.25, -0.2) is 8.42 Å². The van der Waals surface area contributed by atoms with E-state index < -0.39 is 15.9 Å². The third-order valence-electron chi connectivity index (χ3n) is 3.60. The summed E-state index contributed by atoms with van der Waals surface area (Å²) in [7, 11) is -2.28. The Labute approximate surface area is 130 Å². The van der Waals surface area contributed by atoms with Crippen molar-refractivity contribution in [1.29, 1.82) is 0 Å². The molecule has 1 aromatic carbocycles. The van der Waals surface area contributed by atoms with Crippen LogP contribution in [0.5, 0.6) is 5.75 Å². The molecule has 3 N–H and O–H groups in total. The highest BCUT2D eigenvalue weighted by Crippen LogP contribution is 2.25. The molecule has 1 amide bonds. The van der Waals surface area contributed by atoms with E-state index in [-0.39, 0.29) is 28.3 Å². The number of sulfonamides is 1. The first kappa shape index (κ1) is 16.7. The Hall–Kier alpha value is -1.64. The van der Waals surface area contributed by atoms with E-state index in [1.165, 1.54) is 29.6 Å². The lowest BCUT2D eigenvalue weighted by Gasteiger charge is -2.35. The highest BCUT2D eigenvalue weighted by atomic mass is 32.2. The van der Waals surface area contributed by atoms with Gasteiger partial charge in [0, 0.05) is 25.2 Å². The van der Waals surface area contributed by atoms with E-state index in [2.05, 4.69) is 5.32 Å². The number of carbonyl (C=O) groups excluding carboxylic acids is 1. The van der Waals surface area contributed by atoms with Gasteiger partial charge in [-0.3, -0.25) is 4.79 Å². The predicted molar refractivity (Wildman–Crippen MR) is 82.3 cm³/mol. The molecule has 0 aliphatic carbocycles. The molecule has 1 aliphatic rings. The van der Waals surface area contributed by atoms with Crippen molar-refractivity contribution >= 4 is 15.9 Å². The van der Waals surface area contributed by atoms with Crippen LogP contribution in [0.1, 0.15) is 24.2 Å². The number of benzene rings is 1. The zero-order valence-electron chi connectivity index (χ0n) is 12.9. The lowest BCUT2D eigenvalue weighted by Crippen LogP contribution is -2.55. The van der Waals surface area contributed by atoms with Gasteiger partial charge in [0.25, 0.3) is 5.91 Å². The summed E-state index contributed by atoms with van der Waals surface area (Å²) in [6.07, 6.45) is 0. The molecule has 2 atom stereocenters. The first-order chi connectivity index (χ1) is 10.3. The third kappa shape index (κ3) is 3.23. The summed E-state index contributed by atoms with van der Waals surface area (Å²) in [5.41, 5.74) is 5.34. The maximum Gasteiger partial charge on any atom is 0.252 e. The molecule has 1 saturated heterocycles. The topological polar surface area (TPSA) is 102 Å². The minimum absolute atomic E-state index is 0.0448. The van der Waals surface area contributed by atoms with Crippen molar-refractivity contribution in [3.63, 3.8) is 0 Å². The summed E-state index contributed by atoms with van der Waals surface area (Å²) in [6, 6.07) is 4.27. The number of hydrogen-bond acceptors (Lipinski definition) is 5. The van der Waals surface area contributed by atoms with Crippen LogP contribution in [0.3, 0.4) is 0 Å². The molecule has 122 valence electrons. The second-order valence-electron chi connectivity index (χ2n) is 5.52. The Morgan fingerprint density at radius 1 is 1.32 bits per heavy atom. The van der Waals surface area contributed by atoms with Gasteiger partial charge in [-0.1, -0.05) is 0 Å². The monoisotopic (exact) mass is 327 g/mol. The Morgan fingerprint density at radius 2 is 1.91 bits per heavy atom. The average molecular weight is 327 g/mol. The first-order valence-electron chi connectivity index (χ1n) is 6.99. The van der Waals surface area contributed by atoms with E-state index in [1.54, 1.807) is 0 Å². The van der Waals surface area contributed by atoms with Crippen LogP contribution in [-0.2, 0) is 10.0 Å². The summed E-state index contributed by atoms with van der Waals surface area (Å²) < 4.78 is 32.0. The number of nitrogens with one attached hydrogen (secondary N) is 1. The second-order valence-corrected chi connectivity index (χ2v) is 7.46. The SMILES string of the molecule is COc1ccc(S(=O)(=O)N2CC(C)NC(C)C2)cc1C(N)=O. The second kappa shape index (κ2) is 6.23. The summed E-state index contributed by atoms with van der Waals surface area (Å²) in [5, 5.41) is 3.28. The zero-order chi connectivity index (χ0) is 16.5. The number of nitrogens with zero attached hydrogens (tertiary/aromatic N) is 1. The largest absolute Gasteiger partial charge is 0.496 e. The summed E-state index contributed by atoms with van der Waals surface area (Å²) in [4.78, 5) is 11.5. The van der Waals surface area contributed by atoms with Crippen LogP contribution >= 0.6 is 0 Å². The van der Waals surface area contributed by atoms with Crippen molar-refractivity contribution < 1.29 is 17.9 Å². The number of amides is 1. The molecule has 1 fully saturated rings. The number of methoxy groups -OCH3 is 1. The maximum atomic E-state index is 12.8. The van der Waals surface area contributed by atoms with Crippen molar-refractivity contribution in [3.8, 4) is 5.75 Å². The van der Waals surface area contributed by atoms with Crippen LogP contribution in [-0.4, -0.2) is 50.9 Å². The first-order valence-corrected chi connectivity index (χ1v) is 8.43.